The van der Waals surface area contributed by atoms with Crippen LogP contribution in [0.1, 0.15) is 64.7 Å². The molecule has 2 aromatic carbocycles. The van der Waals surface area contributed by atoms with E-state index >= 15 is 0 Å². The lowest BCUT2D eigenvalue weighted by Crippen LogP contribution is -2.51. The van der Waals surface area contributed by atoms with Crippen LogP contribution in [0.5, 0.6) is 11.5 Å². The fourth-order valence-electron chi connectivity index (χ4n) is 5.61. The van der Waals surface area contributed by atoms with Crippen LogP contribution >= 0.6 is 0 Å². The van der Waals surface area contributed by atoms with Crippen molar-refractivity contribution in [1.82, 2.24) is 9.80 Å². The third kappa shape index (κ3) is 3.33. The van der Waals surface area contributed by atoms with Gasteiger partial charge in [-0.3, -0.25) is 9.59 Å². The van der Waals surface area contributed by atoms with E-state index in [1.54, 1.807) is 14.2 Å². The van der Waals surface area contributed by atoms with Crippen molar-refractivity contribution in [2.75, 3.05) is 33.9 Å². The van der Waals surface area contributed by atoms with Crippen LogP contribution in [0.4, 0.5) is 0 Å². The lowest BCUT2D eigenvalue weighted by molar-refractivity contribution is -0.134. The van der Waals surface area contributed by atoms with Crippen molar-refractivity contribution in [3.63, 3.8) is 0 Å². The Balaban J connectivity index is 1.66. The molecular weight excluding hydrogens is 404 g/mol. The molecule has 5 rings (SSSR count). The molecule has 2 unspecified atom stereocenters. The Kier molecular flexibility index (Phi) is 5.53. The minimum atomic E-state index is -0.417. The van der Waals surface area contributed by atoms with E-state index in [1.807, 2.05) is 46.2 Å². The molecule has 0 spiro atoms. The highest BCUT2D eigenvalue weighted by molar-refractivity contribution is 6.01. The van der Waals surface area contributed by atoms with E-state index in [2.05, 4.69) is 0 Å². The standard InChI is InChI=1S/C26H30N2O4/c1-31-21-15-17-11-14-28-24(20(17)16-22(21)32-2)23(18-9-5-6-10-19(18)25(28)29)26(30)27-12-7-3-4-8-13-27/h5-6,9-10,15-16,23-24H,3-4,7-8,11-14H2,1-2H3. The average molecular weight is 435 g/mol. The van der Waals surface area contributed by atoms with Gasteiger partial charge in [0.2, 0.25) is 5.91 Å². The second-order valence-electron chi connectivity index (χ2n) is 8.90. The van der Waals surface area contributed by atoms with Gasteiger partial charge in [0.1, 0.15) is 0 Å². The molecule has 32 heavy (non-hydrogen) atoms. The van der Waals surface area contributed by atoms with Crippen molar-refractivity contribution in [2.45, 2.75) is 44.1 Å². The Bertz CT molecular complexity index is 1040. The van der Waals surface area contributed by atoms with Crippen molar-refractivity contribution < 1.29 is 19.1 Å². The number of ether oxygens (including phenoxy) is 2. The van der Waals surface area contributed by atoms with Gasteiger partial charge in [-0.25, -0.2) is 0 Å². The zero-order valence-electron chi connectivity index (χ0n) is 18.8. The first-order valence-electron chi connectivity index (χ1n) is 11.6. The number of fused-ring (bicyclic) bond motifs is 4. The van der Waals surface area contributed by atoms with Crippen molar-refractivity contribution in [3.8, 4) is 11.5 Å². The van der Waals surface area contributed by atoms with Crippen LogP contribution < -0.4 is 9.47 Å². The van der Waals surface area contributed by atoms with E-state index in [0.717, 1.165) is 49.0 Å². The summed E-state index contributed by atoms with van der Waals surface area (Å²) in [6.07, 6.45) is 5.13. The Hall–Kier alpha value is -3.02. The summed E-state index contributed by atoms with van der Waals surface area (Å²) >= 11 is 0. The molecule has 0 saturated carbocycles. The quantitative estimate of drug-likeness (QED) is 0.734. The van der Waals surface area contributed by atoms with Crippen LogP contribution in [0.15, 0.2) is 36.4 Å². The molecule has 0 aliphatic carbocycles. The fourth-order valence-corrected chi connectivity index (χ4v) is 5.61. The average Bonchev–Trinajstić information content (AvgIpc) is 3.12. The van der Waals surface area contributed by atoms with Gasteiger partial charge in [0.15, 0.2) is 11.5 Å². The van der Waals surface area contributed by atoms with Crippen LogP contribution in [0.25, 0.3) is 0 Å². The molecule has 6 nitrogen and oxygen atoms in total. The summed E-state index contributed by atoms with van der Waals surface area (Å²) in [4.78, 5) is 31.5. The minimum absolute atomic E-state index is 0.00551. The van der Waals surface area contributed by atoms with E-state index in [4.69, 9.17) is 9.47 Å². The van der Waals surface area contributed by atoms with E-state index in [9.17, 15) is 9.59 Å². The van der Waals surface area contributed by atoms with E-state index in [0.29, 0.717) is 23.6 Å². The van der Waals surface area contributed by atoms with Crippen LogP contribution in [0.2, 0.25) is 0 Å². The number of amides is 2. The number of rotatable bonds is 3. The normalized spacial score (nSPS) is 22.4. The Morgan fingerprint density at radius 3 is 2.31 bits per heavy atom. The highest BCUT2D eigenvalue weighted by Gasteiger charge is 2.47. The van der Waals surface area contributed by atoms with Gasteiger partial charge in [-0.05, 0) is 54.2 Å². The number of likely N-dealkylation sites (tertiary alicyclic amines) is 1. The summed E-state index contributed by atoms with van der Waals surface area (Å²) in [6.45, 7) is 2.16. The first kappa shape index (κ1) is 20.9. The lowest BCUT2D eigenvalue weighted by atomic mass is 9.75. The summed E-state index contributed by atoms with van der Waals surface area (Å²) in [5.74, 6) is 1.02. The number of carbonyl (C=O) groups is 2. The molecule has 168 valence electrons. The second-order valence-corrected chi connectivity index (χ2v) is 8.90. The summed E-state index contributed by atoms with van der Waals surface area (Å²) in [7, 11) is 3.25. The van der Waals surface area contributed by atoms with E-state index < -0.39 is 5.92 Å². The monoisotopic (exact) mass is 434 g/mol. The predicted octanol–water partition coefficient (Wildman–Crippen LogP) is 3.94. The third-order valence-electron chi connectivity index (χ3n) is 7.21. The molecule has 1 saturated heterocycles. The maximum Gasteiger partial charge on any atom is 0.254 e. The summed E-state index contributed by atoms with van der Waals surface area (Å²) in [5.41, 5.74) is 3.60. The van der Waals surface area contributed by atoms with Crippen molar-refractivity contribution in [2.24, 2.45) is 0 Å². The molecule has 0 radical (unpaired) electrons. The van der Waals surface area contributed by atoms with Gasteiger partial charge in [-0.15, -0.1) is 0 Å². The van der Waals surface area contributed by atoms with Gasteiger partial charge >= 0.3 is 0 Å². The molecule has 0 aromatic heterocycles. The molecule has 3 heterocycles. The van der Waals surface area contributed by atoms with Crippen molar-refractivity contribution in [3.05, 3.63) is 58.7 Å². The molecular formula is C26H30N2O4. The highest BCUT2D eigenvalue weighted by Crippen LogP contribution is 2.48. The van der Waals surface area contributed by atoms with Gasteiger partial charge in [0.25, 0.3) is 5.91 Å². The third-order valence-corrected chi connectivity index (χ3v) is 7.21. The molecule has 0 N–H and O–H groups in total. The second kappa shape index (κ2) is 8.49. The van der Waals surface area contributed by atoms with Crippen molar-refractivity contribution in [1.29, 1.82) is 0 Å². The molecule has 3 aliphatic heterocycles. The number of hydrogen-bond acceptors (Lipinski definition) is 4. The SMILES string of the molecule is COc1cc2c(cc1OC)C1C(C(=O)N3CCCCCC3)c3ccccc3C(=O)N1CC2. The number of hydrogen-bond donors (Lipinski definition) is 0. The van der Waals surface area contributed by atoms with E-state index in [-0.39, 0.29) is 17.9 Å². The van der Waals surface area contributed by atoms with Crippen LogP contribution in [-0.4, -0.2) is 55.5 Å². The number of nitrogens with zero attached hydrogens (tertiary/aromatic N) is 2. The maximum absolute atomic E-state index is 14.0. The number of methoxy groups -OCH3 is 2. The Morgan fingerprint density at radius 1 is 0.906 bits per heavy atom. The van der Waals surface area contributed by atoms with Gasteiger partial charge in [-0.2, -0.15) is 0 Å². The fraction of sp³-hybridized carbons (Fsp3) is 0.462. The first-order chi connectivity index (χ1) is 15.6. The van der Waals surface area contributed by atoms with Crippen LogP contribution in [0.3, 0.4) is 0 Å². The van der Waals surface area contributed by atoms with Gasteiger partial charge in [-0.1, -0.05) is 31.0 Å². The maximum atomic E-state index is 14.0. The number of carbonyl (C=O) groups excluding carboxylic acids is 2. The lowest BCUT2D eigenvalue weighted by Gasteiger charge is -2.46. The van der Waals surface area contributed by atoms with E-state index in [1.165, 1.54) is 12.8 Å². The Morgan fingerprint density at radius 2 is 1.59 bits per heavy atom. The van der Waals surface area contributed by atoms with Crippen LogP contribution in [-0.2, 0) is 11.2 Å². The Labute approximate surface area is 189 Å². The zero-order chi connectivity index (χ0) is 22.2. The summed E-state index contributed by atoms with van der Waals surface area (Å²) < 4.78 is 11.1. The molecule has 1 fully saturated rings. The summed E-state index contributed by atoms with van der Waals surface area (Å²) in [6, 6.07) is 11.3. The van der Waals surface area contributed by atoms with Gasteiger partial charge in [0, 0.05) is 25.2 Å². The van der Waals surface area contributed by atoms with Crippen molar-refractivity contribution >= 4 is 11.8 Å². The summed E-state index contributed by atoms with van der Waals surface area (Å²) in [5, 5.41) is 0. The highest BCUT2D eigenvalue weighted by atomic mass is 16.5. The molecule has 2 atom stereocenters. The molecule has 2 amide bonds. The molecule has 0 bridgehead atoms. The minimum Gasteiger partial charge on any atom is -0.493 e. The van der Waals surface area contributed by atoms with Crippen LogP contribution in [0, 0.1) is 0 Å². The topological polar surface area (TPSA) is 59.1 Å². The van der Waals surface area contributed by atoms with Gasteiger partial charge in [0.05, 0.1) is 26.2 Å². The molecule has 3 aliphatic rings. The predicted molar refractivity (Wildman–Crippen MR) is 121 cm³/mol. The zero-order valence-corrected chi connectivity index (χ0v) is 18.8. The number of benzene rings is 2. The molecule has 6 heteroatoms. The largest absolute Gasteiger partial charge is 0.493 e. The first-order valence-corrected chi connectivity index (χ1v) is 11.6. The van der Waals surface area contributed by atoms with Gasteiger partial charge < -0.3 is 19.3 Å². The molecule has 2 aromatic rings. The smallest absolute Gasteiger partial charge is 0.254 e.